The summed E-state index contributed by atoms with van der Waals surface area (Å²) in [5.74, 6) is 0.242. The van der Waals surface area contributed by atoms with Gasteiger partial charge in [0.15, 0.2) is 0 Å². The molecule has 29 heavy (non-hydrogen) atoms. The summed E-state index contributed by atoms with van der Waals surface area (Å²) >= 11 is 0. The quantitative estimate of drug-likeness (QED) is 0.676. The maximum atomic E-state index is 12.7. The summed E-state index contributed by atoms with van der Waals surface area (Å²) in [7, 11) is 0. The van der Waals surface area contributed by atoms with Crippen LogP contribution in [0, 0.1) is 0 Å². The molecule has 0 aromatic heterocycles. The largest absolute Gasteiger partial charge is 0.339 e. The van der Waals surface area contributed by atoms with Crippen LogP contribution in [-0.2, 0) is 24.2 Å². The van der Waals surface area contributed by atoms with Crippen molar-refractivity contribution in [3.8, 4) is 11.1 Å². The SMILES string of the molecule is O=C(Cc1ccc(-c2ccccc2)cc1)N1CC(N2CCc3ccccc3C2)C1. The number of amides is 1. The molecule has 2 aliphatic rings. The number of likely N-dealkylation sites (tertiary alicyclic amines) is 1. The van der Waals surface area contributed by atoms with Crippen LogP contribution in [0.2, 0.25) is 0 Å². The lowest BCUT2D eigenvalue weighted by Crippen LogP contribution is -2.61. The number of benzene rings is 3. The number of nitrogens with zero attached hydrogens (tertiary/aromatic N) is 2. The monoisotopic (exact) mass is 382 g/mol. The van der Waals surface area contributed by atoms with Crippen molar-refractivity contribution in [1.82, 2.24) is 9.80 Å². The Hall–Kier alpha value is -2.91. The second kappa shape index (κ2) is 7.84. The van der Waals surface area contributed by atoms with E-state index in [1.54, 1.807) is 0 Å². The summed E-state index contributed by atoms with van der Waals surface area (Å²) in [6, 6.07) is 28.0. The Morgan fingerprint density at radius 2 is 1.45 bits per heavy atom. The van der Waals surface area contributed by atoms with E-state index >= 15 is 0 Å². The van der Waals surface area contributed by atoms with Gasteiger partial charge in [0.05, 0.1) is 6.42 Å². The minimum Gasteiger partial charge on any atom is -0.339 e. The van der Waals surface area contributed by atoms with Crippen molar-refractivity contribution in [2.24, 2.45) is 0 Å². The smallest absolute Gasteiger partial charge is 0.227 e. The number of hydrogen-bond acceptors (Lipinski definition) is 2. The van der Waals surface area contributed by atoms with E-state index in [1.807, 2.05) is 23.1 Å². The van der Waals surface area contributed by atoms with E-state index in [2.05, 4.69) is 65.6 Å². The van der Waals surface area contributed by atoms with Crippen molar-refractivity contribution < 1.29 is 4.79 Å². The molecule has 2 aliphatic heterocycles. The summed E-state index contributed by atoms with van der Waals surface area (Å²) in [4.78, 5) is 17.2. The van der Waals surface area contributed by atoms with Gasteiger partial charge in [0, 0.05) is 32.2 Å². The topological polar surface area (TPSA) is 23.6 Å². The first-order valence-corrected chi connectivity index (χ1v) is 10.5. The van der Waals surface area contributed by atoms with Crippen LogP contribution in [0.5, 0.6) is 0 Å². The number of carbonyl (C=O) groups is 1. The maximum Gasteiger partial charge on any atom is 0.227 e. The molecule has 1 amide bonds. The Morgan fingerprint density at radius 3 is 2.21 bits per heavy atom. The Kier molecular flexibility index (Phi) is 4.91. The number of fused-ring (bicyclic) bond motifs is 1. The summed E-state index contributed by atoms with van der Waals surface area (Å²) in [6.45, 7) is 3.85. The fourth-order valence-corrected chi connectivity index (χ4v) is 4.45. The zero-order valence-corrected chi connectivity index (χ0v) is 16.6. The van der Waals surface area contributed by atoms with Gasteiger partial charge < -0.3 is 4.90 Å². The van der Waals surface area contributed by atoms with Gasteiger partial charge in [0.25, 0.3) is 0 Å². The molecule has 2 heterocycles. The van der Waals surface area contributed by atoms with Crippen LogP contribution >= 0.6 is 0 Å². The van der Waals surface area contributed by atoms with Gasteiger partial charge in [0.2, 0.25) is 5.91 Å². The van der Waals surface area contributed by atoms with Gasteiger partial charge in [-0.3, -0.25) is 9.69 Å². The molecule has 0 atom stereocenters. The molecule has 5 rings (SSSR count). The highest BCUT2D eigenvalue weighted by Crippen LogP contribution is 2.25. The van der Waals surface area contributed by atoms with Crippen LogP contribution in [0.1, 0.15) is 16.7 Å². The molecule has 0 saturated carbocycles. The molecule has 0 unspecified atom stereocenters. The predicted molar refractivity (Wildman–Crippen MR) is 117 cm³/mol. The molecule has 3 aromatic rings. The summed E-state index contributed by atoms with van der Waals surface area (Å²) in [5, 5.41) is 0. The third-order valence-corrected chi connectivity index (χ3v) is 6.31. The fourth-order valence-electron chi connectivity index (χ4n) is 4.45. The van der Waals surface area contributed by atoms with Crippen LogP contribution in [0.4, 0.5) is 0 Å². The van der Waals surface area contributed by atoms with Crippen molar-refractivity contribution in [2.75, 3.05) is 19.6 Å². The minimum absolute atomic E-state index is 0.242. The molecule has 0 aliphatic carbocycles. The third kappa shape index (κ3) is 3.83. The highest BCUT2D eigenvalue weighted by atomic mass is 16.2. The molecule has 0 N–H and O–H groups in total. The van der Waals surface area contributed by atoms with E-state index in [0.717, 1.165) is 38.2 Å². The molecular weight excluding hydrogens is 356 g/mol. The molecular formula is C26H26N2O. The van der Waals surface area contributed by atoms with Gasteiger partial charge in [0.1, 0.15) is 0 Å². The lowest BCUT2D eigenvalue weighted by Gasteiger charge is -2.47. The fraction of sp³-hybridized carbons (Fsp3) is 0.269. The molecule has 3 nitrogen and oxygen atoms in total. The molecule has 0 bridgehead atoms. The van der Waals surface area contributed by atoms with E-state index < -0.39 is 0 Å². The molecule has 146 valence electrons. The molecule has 3 heteroatoms. The number of rotatable bonds is 4. The van der Waals surface area contributed by atoms with E-state index in [0.29, 0.717) is 12.5 Å². The lowest BCUT2D eigenvalue weighted by molar-refractivity contribution is -0.138. The van der Waals surface area contributed by atoms with E-state index in [-0.39, 0.29) is 5.91 Å². The van der Waals surface area contributed by atoms with Crippen molar-refractivity contribution in [1.29, 1.82) is 0 Å². The standard InChI is InChI=1S/C26H26N2O/c29-26(16-20-10-12-23(13-11-20)21-6-2-1-3-7-21)28-18-25(19-28)27-15-14-22-8-4-5-9-24(22)17-27/h1-13,25H,14-19H2. The molecule has 1 fully saturated rings. The zero-order chi connectivity index (χ0) is 19.6. The van der Waals surface area contributed by atoms with Gasteiger partial charge in [-0.2, -0.15) is 0 Å². The first kappa shape index (κ1) is 18.1. The van der Waals surface area contributed by atoms with Gasteiger partial charge in [-0.1, -0.05) is 78.9 Å². The first-order chi connectivity index (χ1) is 14.3. The highest BCUT2D eigenvalue weighted by Gasteiger charge is 2.35. The van der Waals surface area contributed by atoms with Crippen molar-refractivity contribution in [3.63, 3.8) is 0 Å². The normalized spacial score (nSPS) is 16.9. The minimum atomic E-state index is 0.242. The molecule has 3 aromatic carbocycles. The Balaban J connectivity index is 1.14. The van der Waals surface area contributed by atoms with Crippen LogP contribution in [0.3, 0.4) is 0 Å². The van der Waals surface area contributed by atoms with Gasteiger partial charge in [-0.05, 0) is 34.2 Å². The second-order valence-corrected chi connectivity index (χ2v) is 8.18. The average molecular weight is 383 g/mol. The Morgan fingerprint density at radius 1 is 0.793 bits per heavy atom. The first-order valence-electron chi connectivity index (χ1n) is 10.5. The molecule has 0 radical (unpaired) electrons. The Bertz CT molecular complexity index is 991. The maximum absolute atomic E-state index is 12.7. The summed E-state index contributed by atoms with van der Waals surface area (Å²) in [6.07, 6.45) is 1.61. The lowest BCUT2D eigenvalue weighted by atomic mass is 9.96. The summed E-state index contributed by atoms with van der Waals surface area (Å²) in [5.41, 5.74) is 6.41. The van der Waals surface area contributed by atoms with Crippen molar-refractivity contribution in [3.05, 3.63) is 95.6 Å². The van der Waals surface area contributed by atoms with Gasteiger partial charge in [-0.15, -0.1) is 0 Å². The third-order valence-electron chi connectivity index (χ3n) is 6.31. The second-order valence-electron chi connectivity index (χ2n) is 8.18. The van der Waals surface area contributed by atoms with E-state index in [9.17, 15) is 4.79 Å². The van der Waals surface area contributed by atoms with Crippen LogP contribution in [-0.4, -0.2) is 41.4 Å². The average Bonchev–Trinajstić information content (AvgIpc) is 2.74. The van der Waals surface area contributed by atoms with Crippen molar-refractivity contribution >= 4 is 5.91 Å². The van der Waals surface area contributed by atoms with Crippen LogP contribution < -0.4 is 0 Å². The summed E-state index contributed by atoms with van der Waals surface area (Å²) < 4.78 is 0. The molecule has 1 saturated heterocycles. The Labute approximate surface area is 172 Å². The predicted octanol–water partition coefficient (Wildman–Crippen LogP) is 4.17. The zero-order valence-electron chi connectivity index (χ0n) is 16.6. The van der Waals surface area contributed by atoms with Crippen LogP contribution in [0.15, 0.2) is 78.9 Å². The van der Waals surface area contributed by atoms with Gasteiger partial charge in [-0.25, -0.2) is 0 Å². The van der Waals surface area contributed by atoms with Crippen molar-refractivity contribution in [2.45, 2.75) is 25.4 Å². The van der Waals surface area contributed by atoms with Crippen LogP contribution in [0.25, 0.3) is 11.1 Å². The highest BCUT2D eigenvalue weighted by molar-refractivity contribution is 5.80. The van der Waals surface area contributed by atoms with E-state index in [4.69, 9.17) is 0 Å². The van der Waals surface area contributed by atoms with Gasteiger partial charge >= 0.3 is 0 Å². The van der Waals surface area contributed by atoms with E-state index in [1.165, 1.54) is 22.3 Å². The number of carbonyl (C=O) groups excluding carboxylic acids is 1. The molecule has 0 spiro atoms. The number of hydrogen-bond donors (Lipinski definition) is 0.